The van der Waals surface area contributed by atoms with Gasteiger partial charge in [0.15, 0.2) is 0 Å². The summed E-state index contributed by atoms with van der Waals surface area (Å²) in [5.74, 6) is 7.32. The fraction of sp³-hybridized carbons (Fsp3) is 0.125. The third kappa shape index (κ3) is 4.33. The molecule has 0 unspecified atom stereocenters. The Hall–Kier alpha value is -1.95. The number of rotatable bonds is 3. The van der Waals surface area contributed by atoms with Gasteiger partial charge in [-0.25, -0.2) is 0 Å². The summed E-state index contributed by atoms with van der Waals surface area (Å²) in [5.41, 5.74) is 0.900. The maximum absolute atomic E-state index is 8.64. The summed E-state index contributed by atoms with van der Waals surface area (Å²) in [5, 5.41) is 9.32. The van der Waals surface area contributed by atoms with Crippen molar-refractivity contribution in [3.05, 3.63) is 59.1 Å². The van der Waals surface area contributed by atoms with Crippen molar-refractivity contribution in [3.63, 3.8) is 0 Å². The molecule has 0 heterocycles. The van der Waals surface area contributed by atoms with Crippen molar-refractivity contribution in [2.45, 2.75) is 6.42 Å². The van der Waals surface area contributed by atoms with Crippen molar-refractivity contribution >= 4 is 11.6 Å². The van der Waals surface area contributed by atoms with Crippen molar-refractivity contribution in [2.75, 3.05) is 6.61 Å². The molecule has 2 aromatic rings. The predicted octanol–water partition coefficient (Wildman–Crippen LogP) is 3.87. The van der Waals surface area contributed by atoms with Crippen LogP contribution in [0.2, 0.25) is 5.02 Å². The molecular weight excluding hydrogens is 260 g/mol. The van der Waals surface area contributed by atoms with E-state index in [1.807, 2.05) is 36.4 Å². The molecule has 0 aliphatic heterocycles. The first kappa shape index (κ1) is 13.5. The fourth-order valence-corrected chi connectivity index (χ4v) is 1.59. The van der Waals surface area contributed by atoms with E-state index in [1.54, 1.807) is 12.1 Å². The topological polar surface area (TPSA) is 29.5 Å². The Labute approximate surface area is 117 Å². The van der Waals surface area contributed by atoms with E-state index in [0.717, 1.165) is 17.1 Å². The Morgan fingerprint density at radius 3 is 2.11 bits per heavy atom. The van der Waals surface area contributed by atoms with E-state index in [0.29, 0.717) is 11.4 Å². The summed E-state index contributed by atoms with van der Waals surface area (Å²) in [6.45, 7) is 0.0881. The monoisotopic (exact) mass is 272 g/mol. The summed E-state index contributed by atoms with van der Waals surface area (Å²) in [4.78, 5) is 0. The first-order valence-electron chi connectivity index (χ1n) is 5.91. The Morgan fingerprint density at radius 1 is 0.947 bits per heavy atom. The van der Waals surface area contributed by atoms with Gasteiger partial charge in [0.25, 0.3) is 0 Å². The molecule has 2 aromatic carbocycles. The summed E-state index contributed by atoms with van der Waals surface area (Å²) in [6.07, 6.45) is 0.489. The second kappa shape index (κ2) is 6.84. The molecule has 0 bridgehead atoms. The Kier molecular flexibility index (Phi) is 4.85. The standard InChI is InChI=1S/C16H13ClO2/c17-14-6-10-16(11-7-14)19-15-8-4-13(5-9-15)3-1-2-12-18/h4-11,18H,2,12H2. The van der Waals surface area contributed by atoms with E-state index in [1.165, 1.54) is 0 Å². The number of benzene rings is 2. The second-order valence-electron chi connectivity index (χ2n) is 3.86. The molecule has 0 saturated carbocycles. The number of hydrogen-bond donors (Lipinski definition) is 1. The average Bonchev–Trinajstić information content (AvgIpc) is 2.44. The minimum atomic E-state index is 0.0881. The summed E-state index contributed by atoms with van der Waals surface area (Å²) in [7, 11) is 0. The first-order valence-corrected chi connectivity index (χ1v) is 6.29. The lowest BCUT2D eigenvalue weighted by atomic mass is 10.2. The molecule has 1 N–H and O–H groups in total. The molecule has 96 valence electrons. The van der Waals surface area contributed by atoms with Gasteiger partial charge in [-0.2, -0.15) is 0 Å². The quantitative estimate of drug-likeness (QED) is 0.860. The lowest BCUT2D eigenvalue weighted by Gasteiger charge is -2.05. The molecule has 0 fully saturated rings. The minimum absolute atomic E-state index is 0.0881. The molecule has 3 heteroatoms. The third-order valence-corrected chi connectivity index (χ3v) is 2.63. The summed E-state index contributed by atoms with van der Waals surface area (Å²) >= 11 is 5.81. The van der Waals surface area contributed by atoms with Crippen LogP contribution in [0.15, 0.2) is 48.5 Å². The Morgan fingerprint density at radius 2 is 1.53 bits per heavy atom. The van der Waals surface area contributed by atoms with Crippen molar-refractivity contribution in [2.24, 2.45) is 0 Å². The molecule has 0 spiro atoms. The maximum atomic E-state index is 8.64. The normalized spacial score (nSPS) is 9.58. The van der Waals surface area contributed by atoms with Crippen LogP contribution in [0.3, 0.4) is 0 Å². The fourth-order valence-electron chi connectivity index (χ4n) is 1.47. The van der Waals surface area contributed by atoms with Gasteiger partial charge in [-0.1, -0.05) is 23.4 Å². The molecular formula is C16H13ClO2. The van der Waals surface area contributed by atoms with Gasteiger partial charge < -0.3 is 9.84 Å². The average molecular weight is 273 g/mol. The van der Waals surface area contributed by atoms with Gasteiger partial charge in [0.05, 0.1) is 6.61 Å². The van der Waals surface area contributed by atoms with Crippen molar-refractivity contribution in [1.29, 1.82) is 0 Å². The van der Waals surface area contributed by atoms with Crippen LogP contribution in [-0.4, -0.2) is 11.7 Å². The Bertz CT molecular complexity index is 577. The molecule has 19 heavy (non-hydrogen) atoms. The Balaban J connectivity index is 2.03. The number of halogens is 1. The molecule has 2 nitrogen and oxygen atoms in total. The zero-order valence-corrected chi connectivity index (χ0v) is 11.0. The first-order chi connectivity index (χ1) is 9.28. The van der Waals surface area contributed by atoms with Crippen molar-refractivity contribution < 1.29 is 9.84 Å². The highest BCUT2D eigenvalue weighted by atomic mass is 35.5. The highest BCUT2D eigenvalue weighted by Crippen LogP contribution is 2.23. The molecule has 0 aromatic heterocycles. The number of aliphatic hydroxyl groups excluding tert-OH is 1. The van der Waals surface area contributed by atoms with Gasteiger partial charge in [0.2, 0.25) is 0 Å². The van der Waals surface area contributed by atoms with Crippen molar-refractivity contribution in [1.82, 2.24) is 0 Å². The minimum Gasteiger partial charge on any atom is -0.457 e. The number of hydrogen-bond acceptors (Lipinski definition) is 2. The van der Waals surface area contributed by atoms with Gasteiger partial charge in [0, 0.05) is 17.0 Å². The summed E-state index contributed by atoms with van der Waals surface area (Å²) in [6, 6.07) is 14.7. The van der Waals surface area contributed by atoms with E-state index in [9.17, 15) is 0 Å². The molecule has 0 radical (unpaired) electrons. The van der Waals surface area contributed by atoms with Crippen LogP contribution in [0.4, 0.5) is 0 Å². The lowest BCUT2D eigenvalue weighted by molar-refractivity contribution is 0.305. The van der Waals surface area contributed by atoms with Crippen LogP contribution in [0.25, 0.3) is 0 Å². The van der Waals surface area contributed by atoms with Crippen LogP contribution >= 0.6 is 11.6 Å². The zero-order valence-electron chi connectivity index (χ0n) is 10.3. The third-order valence-electron chi connectivity index (χ3n) is 2.37. The van der Waals surface area contributed by atoms with Crippen LogP contribution in [0.1, 0.15) is 12.0 Å². The molecule has 0 aliphatic rings. The van der Waals surface area contributed by atoms with Gasteiger partial charge in [-0.05, 0) is 48.5 Å². The highest BCUT2D eigenvalue weighted by Gasteiger charge is 1.97. The predicted molar refractivity (Wildman–Crippen MR) is 76.5 cm³/mol. The largest absolute Gasteiger partial charge is 0.457 e. The zero-order chi connectivity index (χ0) is 13.5. The molecule has 2 rings (SSSR count). The van der Waals surface area contributed by atoms with E-state index in [2.05, 4.69) is 11.8 Å². The smallest absolute Gasteiger partial charge is 0.127 e. The van der Waals surface area contributed by atoms with Gasteiger partial charge >= 0.3 is 0 Å². The van der Waals surface area contributed by atoms with Gasteiger partial charge in [0.1, 0.15) is 11.5 Å². The van der Waals surface area contributed by atoms with Gasteiger partial charge in [-0.3, -0.25) is 0 Å². The van der Waals surface area contributed by atoms with Crippen molar-refractivity contribution in [3.8, 4) is 23.3 Å². The van der Waals surface area contributed by atoms with Crippen LogP contribution in [0, 0.1) is 11.8 Å². The molecule has 0 amide bonds. The SMILES string of the molecule is OCCC#Cc1ccc(Oc2ccc(Cl)cc2)cc1. The highest BCUT2D eigenvalue weighted by molar-refractivity contribution is 6.30. The van der Waals surface area contributed by atoms with E-state index in [-0.39, 0.29) is 6.61 Å². The van der Waals surface area contributed by atoms with Crippen LogP contribution in [-0.2, 0) is 0 Å². The number of ether oxygens (including phenoxy) is 1. The lowest BCUT2D eigenvalue weighted by Crippen LogP contribution is -1.84. The molecule has 0 saturated heterocycles. The second-order valence-corrected chi connectivity index (χ2v) is 4.29. The van der Waals surface area contributed by atoms with E-state index < -0.39 is 0 Å². The molecule has 0 aliphatic carbocycles. The van der Waals surface area contributed by atoms with Crippen LogP contribution < -0.4 is 4.74 Å². The van der Waals surface area contributed by atoms with Crippen LogP contribution in [0.5, 0.6) is 11.5 Å². The number of aliphatic hydroxyl groups is 1. The van der Waals surface area contributed by atoms with Gasteiger partial charge in [-0.15, -0.1) is 0 Å². The summed E-state index contributed by atoms with van der Waals surface area (Å²) < 4.78 is 5.67. The van der Waals surface area contributed by atoms with E-state index >= 15 is 0 Å². The maximum Gasteiger partial charge on any atom is 0.127 e. The van der Waals surface area contributed by atoms with E-state index in [4.69, 9.17) is 21.4 Å². The molecule has 0 atom stereocenters.